The van der Waals surface area contributed by atoms with Gasteiger partial charge in [-0.2, -0.15) is 0 Å². The number of primary amides is 1. The number of hydrogen-bond donors (Lipinski definition) is 2. The fourth-order valence-corrected chi connectivity index (χ4v) is 3.27. The van der Waals surface area contributed by atoms with Gasteiger partial charge in [0.1, 0.15) is 0 Å². The van der Waals surface area contributed by atoms with Gasteiger partial charge in [-0.1, -0.05) is 24.6 Å². The molecule has 0 aromatic carbocycles. The molecule has 8 heteroatoms. The normalized spacial score (nSPS) is 19.1. The van der Waals surface area contributed by atoms with E-state index in [0.29, 0.717) is 12.5 Å². The molecular formula is C12H22N6OS. The van der Waals surface area contributed by atoms with Crippen LogP contribution in [0, 0.1) is 0 Å². The maximum Gasteiger partial charge on any atom is 0.237 e. The molecule has 1 atom stereocenters. The number of carbonyl (C=O) groups excluding carboxylic acids is 1. The Balaban J connectivity index is 1.80. The molecule has 1 aromatic rings. The third kappa shape index (κ3) is 3.69. The van der Waals surface area contributed by atoms with E-state index in [1.807, 2.05) is 4.68 Å². The molecule has 1 saturated carbocycles. The van der Waals surface area contributed by atoms with Gasteiger partial charge in [-0.3, -0.25) is 4.79 Å². The van der Waals surface area contributed by atoms with Crippen LogP contribution in [0.15, 0.2) is 5.16 Å². The monoisotopic (exact) mass is 298 g/mol. The van der Waals surface area contributed by atoms with Crippen molar-refractivity contribution < 1.29 is 4.79 Å². The number of amides is 1. The van der Waals surface area contributed by atoms with Crippen molar-refractivity contribution in [1.29, 1.82) is 0 Å². The van der Waals surface area contributed by atoms with Crippen molar-refractivity contribution >= 4 is 17.7 Å². The van der Waals surface area contributed by atoms with Gasteiger partial charge in [-0.25, -0.2) is 4.68 Å². The molecule has 1 aromatic heterocycles. The van der Waals surface area contributed by atoms with Crippen LogP contribution < -0.4 is 11.5 Å². The highest BCUT2D eigenvalue weighted by Crippen LogP contribution is 2.31. The molecule has 1 fully saturated rings. The third-order valence-electron chi connectivity index (χ3n) is 3.77. The maximum absolute atomic E-state index is 11.1. The number of rotatable bonds is 7. The lowest BCUT2D eigenvalue weighted by atomic mass is 9.97. The van der Waals surface area contributed by atoms with Crippen molar-refractivity contribution in [3.8, 4) is 0 Å². The lowest BCUT2D eigenvalue weighted by molar-refractivity contribution is -0.122. The minimum atomic E-state index is -0.933. The van der Waals surface area contributed by atoms with Gasteiger partial charge in [-0.15, -0.1) is 5.10 Å². The molecule has 4 N–H and O–H groups in total. The Kier molecular flexibility index (Phi) is 4.98. The molecule has 0 radical (unpaired) electrons. The van der Waals surface area contributed by atoms with E-state index in [2.05, 4.69) is 15.5 Å². The first kappa shape index (κ1) is 15.2. The van der Waals surface area contributed by atoms with E-state index in [0.717, 1.165) is 30.2 Å². The summed E-state index contributed by atoms with van der Waals surface area (Å²) in [7, 11) is 0. The molecule has 1 unspecified atom stereocenters. The summed E-state index contributed by atoms with van der Waals surface area (Å²) in [6, 6.07) is 0.442. The van der Waals surface area contributed by atoms with Crippen LogP contribution in [0.1, 0.15) is 51.5 Å². The zero-order valence-corrected chi connectivity index (χ0v) is 12.6. The molecule has 1 amide bonds. The summed E-state index contributed by atoms with van der Waals surface area (Å²) in [6.07, 6.45) is 6.18. The number of tetrazole rings is 1. The number of hydrogen-bond acceptors (Lipinski definition) is 6. The standard InChI is InChI=1S/C12H22N6OS/c1-12(14,10(13)19)7-4-8-20-11-15-16-17-18(11)9-5-2-3-6-9/h9H,2-8,14H2,1H3,(H2,13,19). The molecule has 2 rings (SSSR count). The summed E-state index contributed by atoms with van der Waals surface area (Å²) in [5.74, 6) is 0.367. The minimum absolute atomic E-state index is 0.442. The predicted molar refractivity (Wildman–Crippen MR) is 77.1 cm³/mol. The number of nitrogens with zero attached hydrogens (tertiary/aromatic N) is 4. The molecule has 1 aliphatic rings. The number of carbonyl (C=O) groups is 1. The highest BCUT2D eigenvalue weighted by atomic mass is 32.2. The van der Waals surface area contributed by atoms with Crippen molar-refractivity contribution in [3.63, 3.8) is 0 Å². The Morgan fingerprint density at radius 2 is 2.20 bits per heavy atom. The minimum Gasteiger partial charge on any atom is -0.368 e. The van der Waals surface area contributed by atoms with E-state index in [9.17, 15) is 4.79 Å². The van der Waals surface area contributed by atoms with E-state index in [1.165, 1.54) is 12.8 Å². The Morgan fingerprint density at radius 1 is 1.50 bits per heavy atom. The van der Waals surface area contributed by atoms with E-state index in [4.69, 9.17) is 11.5 Å². The molecule has 1 heterocycles. The average molecular weight is 298 g/mol. The Morgan fingerprint density at radius 3 is 2.85 bits per heavy atom. The second-order valence-electron chi connectivity index (χ2n) is 5.58. The van der Waals surface area contributed by atoms with E-state index in [-0.39, 0.29) is 0 Å². The van der Waals surface area contributed by atoms with Crippen LogP contribution in [0.2, 0.25) is 0 Å². The molecule has 0 bridgehead atoms. The zero-order chi connectivity index (χ0) is 14.6. The highest BCUT2D eigenvalue weighted by Gasteiger charge is 2.25. The van der Waals surface area contributed by atoms with Crippen LogP contribution in [0.4, 0.5) is 0 Å². The SMILES string of the molecule is CC(N)(CCCSc1nnnn1C1CCCC1)C(N)=O. The Labute approximate surface area is 122 Å². The fourth-order valence-electron chi connectivity index (χ4n) is 2.38. The molecule has 112 valence electrons. The zero-order valence-electron chi connectivity index (χ0n) is 11.8. The van der Waals surface area contributed by atoms with E-state index in [1.54, 1.807) is 18.7 Å². The molecule has 0 spiro atoms. The number of aromatic nitrogens is 4. The van der Waals surface area contributed by atoms with Gasteiger partial charge in [0.05, 0.1) is 11.6 Å². The van der Waals surface area contributed by atoms with E-state index >= 15 is 0 Å². The molecule has 0 aliphatic heterocycles. The summed E-state index contributed by atoms with van der Waals surface area (Å²) in [5, 5.41) is 12.8. The molecule has 7 nitrogen and oxygen atoms in total. The van der Waals surface area contributed by atoms with E-state index < -0.39 is 11.4 Å². The number of nitrogens with two attached hydrogens (primary N) is 2. The van der Waals surface area contributed by atoms with Crippen LogP contribution >= 0.6 is 11.8 Å². The van der Waals surface area contributed by atoms with Gasteiger partial charge in [0.15, 0.2) is 0 Å². The molecule has 0 saturated heterocycles. The van der Waals surface area contributed by atoms with Crippen molar-refractivity contribution in [3.05, 3.63) is 0 Å². The Bertz CT molecular complexity index is 455. The highest BCUT2D eigenvalue weighted by molar-refractivity contribution is 7.99. The summed E-state index contributed by atoms with van der Waals surface area (Å²) in [6.45, 7) is 1.67. The van der Waals surface area contributed by atoms with Crippen LogP contribution in [-0.4, -0.2) is 37.4 Å². The van der Waals surface area contributed by atoms with Crippen molar-refractivity contribution in [2.45, 2.75) is 62.2 Å². The maximum atomic E-state index is 11.1. The quantitative estimate of drug-likeness (QED) is 0.570. The largest absolute Gasteiger partial charge is 0.368 e. The van der Waals surface area contributed by atoms with Crippen LogP contribution in [0.5, 0.6) is 0 Å². The smallest absolute Gasteiger partial charge is 0.237 e. The van der Waals surface area contributed by atoms with Gasteiger partial charge >= 0.3 is 0 Å². The Hall–Kier alpha value is -1.15. The van der Waals surface area contributed by atoms with Gasteiger partial charge in [0.2, 0.25) is 11.1 Å². The van der Waals surface area contributed by atoms with Crippen molar-refractivity contribution in [1.82, 2.24) is 20.2 Å². The predicted octanol–water partition coefficient (Wildman–Crippen LogP) is 0.863. The second-order valence-corrected chi connectivity index (χ2v) is 6.64. The first-order chi connectivity index (χ1) is 9.50. The lowest BCUT2D eigenvalue weighted by Crippen LogP contribution is -2.49. The first-order valence-electron chi connectivity index (χ1n) is 7.00. The van der Waals surface area contributed by atoms with Gasteiger partial charge in [0, 0.05) is 5.75 Å². The van der Waals surface area contributed by atoms with Gasteiger partial charge < -0.3 is 11.5 Å². The number of thioether (sulfide) groups is 1. The van der Waals surface area contributed by atoms with Crippen molar-refractivity contribution in [2.75, 3.05) is 5.75 Å². The van der Waals surface area contributed by atoms with Crippen LogP contribution in [0.3, 0.4) is 0 Å². The van der Waals surface area contributed by atoms with Crippen LogP contribution in [0.25, 0.3) is 0 Å². The summed E-state index contributed by atoms with van der Waals surface area (Å²) in [5.41, 5.74) is 10.1. The molecular weight excluding hydrogens is 276 g/mol. The average Bonchev–Trinajstić information content (AvgIpc) is 3.04. The van der Waals surface area contributed by atoms with Gasteiger partial charge in [0.25, 0.3) is 0 Å². The van der Waals surface area contributed by atoms with Crippen molar-refractivity contribution in [2.24, 2.45) is 11.5 Å². The second kappa shape index (κ2) is 6.53. The van der Waals surface area contributed by atoms with Crippen LogP contribution in [-0.2, 0) is 4.79 Å². The summed E-state index contributed by atoms with van der Waals surface area (Å²) < 4.78 is 1.94. The topological polar surface area (TPSA) is 113 Å². The fraction of sp³-hybridized carbons (Fsp3) is 0.833. The first-order valence-corrected chi connectivity index (χ1v) is 7.99. The third-order valence-corrected chi connectivity index (χ3v) is 4.79. The van der Waals surface area contributed by atoms with Gasteiger partial charge in [-0.05, 0) is 43.0 Å². The summed E-state index contributed by atoms with van der Waals surface area (Å²) in [4.78, 5) is 11.1. The summed E-state index contributed by atoms with van der Waals surface area (Å²) >= 11 is 1.61. The molecule has 1 aliphatic carbocycles. The lowest BCUT2D eigenvalue weighted by Gasteiger charge is -2.19. The molecule has 20 heavy (non-hydrogen) atoms.